The molecule has 0 nitrogen and oxygen atoms in total. The summed E-state index contributed by atoms with van der Waals surface area (Å²) in [6.07, 6.45) is 15.4. The summed E-state index contributed by atoms with van der Waals surface area (Å²) in [5.74, 6) is 3.18. The maximum atomic E-state index is 2.58. The van der Waals surface area contributed by atoms with Gasteiger partial charge in [-0.15, -0.1) is 0 Å². The first-order valence-electron chi connectivity index (χ1n) is 8.98. The van der Waals surface area contributed by atoms with Crippen molar-refractivity contribution in [2.24, 2.45) is 17.8 Å². The fraction of sp³-hybridized carbons (Fsp3) is 1.00. The monoisotopic (exact) mass is 283 g/mol. The standard InChI is InChI=1S/C18H36P/c1-5-7-8-9-12-19(6-2)14-16(4)17-11-10-15(3)18(19)13-17/h15-18H,5-14H2,1-4H3/q+1. The molecule has 0 amide bonds. The molecular weight excluding hydrogens is 247 g/mol. The first kappa shape index (κ1) is 15.8. The summed E-state index contributed by atoms with van der Waals surface area (Å²) in [5.41, 5.74) is 1.16. The maximum absolute atomic E-state index is 2.58. The van der Waals surface area contributed by atoms with Crippen molar-refractivity contribution >= 4 is 7.26 Å². The van der Waals surface area contributed by atoms with E-state index in [4.69, 9.17) is 0 Å². The quantitative estimate of drug-likeness (QED) is 0.410. The third kappa shape index (κ3) is 3.37. The zero-order chi connectivity index (χ0) is 13.9. The normalized spacial score (nSPS) is 42.3. The van der Waals surface area contributed by atoms with Crippen molar-refractivity contribution in [2.45, 2.75) is 78.3 Å². The van der Waals surface area contributed by atoms with Crippen molar-refractivity contribution in [3.8, 4) is 0 Å². The van der Waals surface area contributed by atoms with Crippen LogP contribution in [0.4, 0.5) is 0 Å². The minimum absolute atomic E-state index is 0.620. The van der Waals surface area contributed by atoms with Crippen LogP contribution in [0.2, 0.25) is 0 Å². The van der Waals surface area contributed by atoms with E-state index in [1.54, 1.807) is 31.3 Å². The molecule has 1 saturated heterocycles. The molecule has 2 aliphatic rings. The van der Waals surface area contributed by atoms with E-state index in [9.17, 15) is 0 Å². The highest BCUT2D eigenvalue weighted by atomic mass is 31.2. The lowest BCUT2D eigenvalue weighted by molar-refractivity contribution is 0.223. The lowest BCUT2D eigenvalue weighted by atomic mass is 9.76. The van der Waals surface area contributed by atoms with E-state index >= 15 is 0 Å². The second kappa shape index (κ2) is 6.93. The lowest BCUT2D eigenvalue weighted by Crippen LogP contribution is -2.42. The van der Waals surface area contributed by atoms with Crippen LogP contribution in [-0.4, -0.2) is 24.1 Å². The zero-order valence-electron chi connectivity index (χ0n) is 13.8. The molecule has 1 aliphatic heterocycles. The van der Waals surface area contributed by atoms with Crippen LogP contribution in [0.25, 0.3) is 0 Å². The van der Waals surface area contributed by atoms with Gasteiger partial charge in [0.05, 0.1) is 24.1 Å². The summed E-state index contributed by atoms with van der Waals surface area (Å²) in [4.78, 5) is 0. The highest BCUT2D eigenvalue weighted by molar-refractivity contribution is 7.76. The van der Waals surface area contributed by atoms with Crippen molar-refractivity contribution in [3.63, 3.8) is 0 Å². The Labute approximate surface area is 122 Å². The lowest BCUT2D eigenvalue weighted by Gasteiger charge is -2.50. The summed E-state index contributed by atoms with van der Waals surface area (Å²) in [5, 5.41) is 0. The smallest absolute Gasteiger partial charge is 0.0654 e. The van der Waals surface area contributed by atoms with E-state index in [1.165, 1.54) is 32.1 Å². The van der Waals surface area contributed by atoms with Crippen LogP contribution < -0.4 is 0 Å². The second-order valence-electron chi connectivity index (χ2n) is 7.60. The number of rotatable bonds is 6. The molecular formula is C18H36P+. The molecule has 0 spiro atoms. The fourth-order valence-corrected chi connectivity index (χ4v) is 11.2. The largest absolute Gasteiger partial charge is 0.0725 e. The molecule has 1 heteroatoms. The Hall–Kier alpha value is 0.430. The van der Waals surface area contributed by atoms with Crippen LogP contribution in [-0.2, 0) is 0 Å². The molecule has 0 N–H and O–H groups in total. The van der Waals surface area contributed by atoms with Gasteiger partial charge in [-0.05, 0) is 56.8 Å². The number of hydrogen-bond donors (Lipinski definition) is 0. The Balaban J connectivity index is 2.03. The van der Waals surface area contributed by atoms with Crippen LogP contribution >= 0.6 is 7.26 Å². The molecule has 0 aromatic heterocycles. The predicted molar refractivity (Wildman–Crippen MR) is 90.8 cm³/mol. The summed E-state index contributed by atoms with van der Waals surface area (Å²) < 4.78 is 0. The van der Waals surface area contributed by atoms with Crippen LogP contribution in [0, 0.1) is 17.8 Å². The van der Waals surface area contributed by atoms with Gasteiger partial charge >= 0.3 is 0 Å². The molecule has 112 valence electrons. The molecule has 1 aliphatic carbocycles. The van der Waals surface area contributed by atoms with Gasteiger partial charge in [0.15, 0.2) is 0 Å². The third-order valence-corrected chi connectivity index (χ3v) is 12.3. The van der Waals surface area contributed by atoms with E-state index in [2.05, 4.69) is 27.7 Å². The second-order valence-corrected chi connectivity index (χ2v) is 12.1. The average molecular weight is 283 g/mol. The van der Waals surface area contributed by atoms with Gasteiger partial charge in [-0.1, -0.05) is 33.6 Å². The molecule has 19 heavy (non-hydrogen) atoms. The first-order chi connectivity index (χ1) is 9.13. The minimum atomic E-state index is -0.620. The van der Waals surface area contributed by atoms with Crippen molar-refractivity contribution in [2.75, 3.05) is 18.5 Å². The van der Waals surface area contributed by atoms with Gasteiger partial charge in [-0.2, -0.15) is 0 Å². The molecule has 5 atom stereocenters. The highest BCUT2D eigenvalue weighted by Gasteiger charge is 2.54. The number of fused-ring (bicyclic) bond motifs is 2. The van der Waals surface area contributed by atoms with Gasteiger partial charge in [-0.3, -0.25) is 0 Å². The van der Waals surface area contributed by atoms with Gasteiger partial charge in [0, 0.05) is 7.26 Å². The predicted octanol–water partition coefficient (Wildman–Crippen LogP) is 6.06. The van der Waals surface area contributed by atoms with Crippen molar-refractivity contribution in [1.29, 1.82) is 0 Å². The molecule has 2 rings (SSSR count). The number of unbranched alkanes of at least 4 members (excludes halogenated alkanes) is 3. The minimum Gasteiger partial charge on any atom is -0.0654 e. The molecule has 5 unspecified atom stereocenters. The van der Waals surface area contributed by atoms with Gasteiger partial charge in [0.25, 0.3) is 0 Å². The van der Waals surface area contributed by atoms with Crippen LogP contribution in [0.15, 0.2) is 0 Å². The fourth-order valence-electron chi connectivity index (χ4n) is 5.10. The summed E-state index contributed by atoms with van der Waals surface area (Å²) in [6, 6.07) is 0. The van der Waals surface area contributed by atoms with Crippen LogP contribution in [0.5, 0.6) is 0 Å². The Morgan fingerprint density at radius 3 is 2.42 bits per heavy atom. The van der Waals surface area contributed by atoms with E-state index in [1.807, 2.05) is 0 Å². The summed E-state index contributed by atoms with van der Waals surface area (Å²) in [7, 11) is -0.620. The average Bonchev–Trinajstić information content (AvgIpc) is 2.42. The first-order valence-corrected chi connectivity index (χ1v) is 11.4. The number of hydrogen-bond acceptors (Lipinski definition) is 0. The third-order valence-electron chi connectivity index (χ3n) is 6.44. The van der Waals surface area contributed by atoms with E-state index in [0.717, 1.165) is 23.4 Å². The van der Waals surface area contributed by atoms with Gasteiger partial charge in [0.2, 0.25) is 0 Å². The Morgan fingerprint density at radius 2 is 1.74 bits per heavy atom. The van der Waals surface area contributed by atoms with E-state index in [-0.39, 0.29) is 0 Å². The maximum Gasteiger partial charge on any atom is 0.0725 e. The van der Waals surface area contributed by atoms with Gasteiger partial charge < -0.3 is 0 Å². The highest BCUT2D eigenvalue weighted by Crippen LogP contribution is 2.72. The summed E-state index contributed by atoms with van der Waals surface area (Å²) >= 11 is 0. The molecule has 2 fully saturated rings. The molecule has 1 heterocycles. The Bertz CT molecular complexity index is 275. The van der Waals surface area contributed by atoms with Crippen molar-refractivity contribution in [3.05, 3.63) is 0 Å². The SMILES string of the molecule is CCCCCC[P+]1(CC)CC(C)C2CCC(C)C1C2. The zero-order valence-corrected chi connectivity index (χ0v) is 14.7. The molecule has 0 aromatic rings. The Kier molecular flexibility index (Phi) is 5.77. The molecule has 0 aromatic carbocycles. The summed E-state index contributed by atoms with van der Waals surface area (Å²) in [6.45, 7) is 10.0. The molecule has 0 radical (unpaired) electrons. The van der Waals surface area contributed by atoms with Gasteiger partial charge in [-0.25, -0.2) is 0 Å². The molecule has 2 bridgehead atoms. The topological polar surface area (TPSA) is 0 Å². The van der Waals surface area contributed by atoms with Gasteiger partial charge in [0.1, 0.15) is 0 Å². The van der Waals surface area contributed by atoms with Crippen LogP contribution in [0.3, 0.4) is 0 Å². The van der Waals surface area contributed by atoms with Crippen molar-refractivity contribution < 1.29 is 0 Å². The van der Waals surface area contributed by atoms with Crippen molar-refractivity contribution in [1.82, 2.24) is 0 Å². The van der Waals surface area contributed by atoms with Crippen LogP contribution in [0.1, 0.15) is 72.6 Å². The van der Waals surface area contributed by atoms with E-state index < -0.39 is 7.26 Å². The van der Waals surface area contributed by atoms with E-state index in [0.29, 0.717) is 0 Å². The Morgan fingerprint density at radius 1 is 0.947 bits per heavy atom. The molecule has 1 saturated carbocycles.